The van der Waals surface area contributed by atoms with E-state index in [-0.39, 0.29) is 30.1 Å². The van der Waals surface area contributed by atoms with Gasteiger partial charge in [-0.05, 0) is 82.9 Å². The fraction of sp³-hybridized carbons (Fsp3) is 0.727. The summed E-state index contributed by atoms with van der Waals surface area (Å²) in [7, 11) is 0. The normalized spacial score (nSPS) is 24.9. The minimum absolute atomic E-state index is 0.0315. The second-order valence-corrected chi connectivity index (χ2v) is 14.4. The Kier molecular flexibility index (Phi) is 9.91. The minimum atomic E-state index is -4.34. The maximum Gasteiger partial charge on any atom is 0.416 e. The van der Waals surface area contributed by atoms with Crippen LogP contribution in [0.1, 0.15) is 83.3 Å². The summed E-state index contributed by atoms with van der Waals surface area (Å²) >= 11 is 0. The lowest BCUT2D eigenvalue weighted by molar-refractivity contribution is -0.137. The van der Waals surface area contributed by atoms with Gasteiger partial charge in [-0.1, -0.05) is 12.1 Å². The van der Waals surface area contributed by atoms with Crippen LogP contribution in [-0.2, 0) is 27.0 Å². The van der Waals surface area contributed by atoms with Gasteiger partial charge in [-0.3, -0.25) is 9.69 Å². The molecule has 1 aliphatic carbocycles. The van der Waals surface area contributed by atoms with Crippen molar-refractivity contribution >= 4 is 18.1 Å². The van der Waals surface area contributed by atoms with Crippen molar-refractivity contribution in [1.29, 1.82) is 0 Å². The number of likely N-dealkylation sites (tertiary alicyclic amines) is 2. The van der Waals surface area contributed by atoms with Gasteiger partial charge in [0.2, 0.25) is 5.91 Å². The highest BCUT2D eigenvalue weighted by Gasteiger charge is 2.47. The van der Waals surface area contributed by atoms with E-state index in [0.717, 1.165) is 43.4 Å². The standard InChI is InChI=1S/C33H47F3N4O5/c1-31(2,3)44-29(42)39-16-12-27(13-17-39)37-28(41)25-8-4-24(5-9-25)21-40-22-32(45-30(40)43)14-18-38(19-15-32)20-23-6-10-26(11-7-23)33(34,35)36/h6-7,10-11,24-25,27H,4-5,8-9,12-22H2,1-3H3,(H,37,41)/t24-,25-. The highest BCUT2D eigenvalue weighted by atomic mass is 19.4. The van der Waals surface area contributed by atoms with E-state index in [2.05, 4.69) is 10.2 Å². The summed E-state index contributed by atoms with van der Waals surface area (Å²) in [5, 5.41) is 3.21. The Balaban J connectivity index is 1.00. The minimum Gasteiger partial charge on any atom is -0.444 e. The molecule has 4 fully saturated rings. The third kappa shape index (κ3) is 8.83. The zero-order valence-electron chi connectivity index (χ0n) is 26.7. The van der Waals surface area contributed by atoms with E-state index in [4.69, 9.17) is 9.47 Å². The van der Waals surface area contributed by atoms with E-state index >= 15 is 0 Å². The van der Waals surface area contributed by atoms with Gasteiger partial charge in [-0.15, -0.1) is 0 Å². The van der Waals surface area contributed by atoms with Crippen LogP contribution in [0.5, 0.6) is 0 Å². The molecule has 3 aliphatic heterocycles. The third-order valence-corrected chi connectivity index (χ3v) is 9.68. The van der Waals surface area contributed by atoms with Gasteiger partial charge in [-0.25, -0.2) is 9.59 Å². The SMILES string of the molecule is CC(C)(C)OC(=O)N1CCC(NC(=O)[C@H]2CC[C@H](CN3CC4(CCN(Cc5ccc(C(F)(F)F)cc5)CC4)OC3=O)CC2)CC1. The number of alkyl halides is 3. The number of nitrogens with one attached hydrogen (secondary N) is 1. The number of carbonyl (C=O) groups excluding carboxylic acids is 3. The third-order valence-electron chi connectivity index (χ3n) is 9.68. The molecule has 4 aliphatic rings. The number of benzene rings is 1. The maximum absolute atomic E-state index is 13.0. The lowest BCUT2D eigenvalue weighted by Gasteiger charge is -2.37. The first-order chi connectivity index (χ1) is 21.2. The molecule has 45 heavy (non-hydrogen) atoms. The Morgan fingerprint density at radius 2 is 1.58 bits per heavy atom. The molecule has 5 rings (SSSR count). The van der Waals surface area contributed by atoms with E-state index in [1.54, 1.807) is 4.90 Å². The Morgan fingerprint density at radius 1 is 0.956 bits per heavy atom. The fourth-order valence-corrected chi connectivity index (χ4v) is 7.04. The van der Waals surface area contributed by atoms with Crippen molar-refractivity contribution in [1.82, 2.24) is 20.0 Å². The van der Waals surface area contributed by atoms with Gasteiger partial charge < -0.3 is 24.6 Å². The molecular formula is C33H47F3N4O5. The fourth-order valence-electron chi connectivity index (χ4n) is 7.04. The molecule has 1 aromatic rings. The molecule has 0 atom stereocenters. The Labute approximate surface area is 263 Å². The number of nitrogens with zero attached hydrogens (tertiary/aromatic N) is 3. The largest absolute Gasteiger partial charge is 0.444 e. The predicted octanol–water partition coefficient (Wildman–Crippen LogP) is 5.81. The quantitative estimate of drug-likeness (QED) is 0.424. The molecule has 3 amide bonds. The molecule has 12 heteroatoms. The summed E-state index contributed by atoms with van der Waals surface area (Å²) in [5.74, 6) is 0.385. The number of halogens is 3. The average Bonchev–Trinajstić information content (AvgIpc) is 3.27. The first-order valence-electron chi connectivity index (χ1n) is 16.3. The van der Waals surface area contributed by atoms with Crippen LogP contribution in [0.25, 0.3) is 0 Å². The summed E-state index contributed by atoms with van der Waals surface area (Å²) in [6.45, 7) is 9.86. The first-order valence-corrected chi connectivity index (χ1v) is 16.3. The molecule has 9 nitrogen and oxygen atoms in total. The Bertz CT molecular complexity index is 1190. The number of piperidine rings is 2. The van der Waals surface area contributed by atoms with E-state index in [1.807, 2.05) is 25.7 Å². The van der Waals surface area contributed by atoms with E-state index in [9.17, 15) is 27.6 Å². The Morgan fingerprint density at radius 3 is 2.16 bits per heavy atom. The monoisotopic (exact) mass is 636 g/mol. The second-order valence-electron chi connectivity index (χ2n) is 14.4. The maximum atomic E-state index is 13.0. The van der Waals surface area contributed by atoms with Gasteiger partial charge in [0.05, 0.1) is 12.1 Å². The van der Waals surface area contributed by atoms with Gasteiger partial charge in [-0.2, -0.15) is 13.2 Å². The van der Waals surface area contributed by atoms with E-state index in [0.29, 0.717) is 77.4 Å². The average molecular weight is 637 g/mol. The number of hydrogen-bond donors (Lipinski definition) is 1. The van der Waals surface area contributed by atoms with Crippen LogP contribution in [0.2, 0.25) is 0 Å². The van der Waals surface area contributed by atoms with Crippen LogP contribution < -0.4 is 5.32 Å². The molecule has 1 N–H and O–H groups in total. The zero-order chi connectivity index (χ0) is 32.4. The summed E-state index contributed by atoms with van der Waals surface area (Å²) < 4.78 is 50.0. The molecule has 0 radical (unpaired) electrons. The zero-order valence-corrected chi connectivity index (χ0v) is 26.7. The van der Waals surface area contributed by atoms with Crippen molar-refractivity contribution in [2.45, 2.75) is 102 Å². The highest BCUT2D eigenvalue weighted by molar-refractivity contribution is 5.79. The van der Waals surface area contributed by atoms with Crippen LogP contribution in [0.3, 0.4) is 0 Å². The molecule has 0 unspecified atom stereocenters. The Hall–Kier alpha value is -3.02. The van der Waals surface area contributed by atoms with Crippen LogP contribution in [0, 0.1) is 11.8 Å². The van der Waals surface area contributed by atoms with Crippen molar-refractivity contribution in [3.8, 4) is 0 Å². The van der Waals surface area contributed by atoms with Crippen molar-refractivity contribution in [2.24, 2.45) is 11.8 Å². The van der Waals surface area contributed by atoms with Crippen molar-refractivity contribution in [3.63, 3.8) is 0 Å². The molecule has 3 heterocycles. The van der Waals surface area contributed by atoms with Crippen molar-refractivity contribution in [3.05, 3.63) is 35.4 Å². The summed E-state index contributed by atoms with van der Waals surface area (Å²) in [6.07, 6.45) is 1.24. The van der Waals surface area contributed by atoms with Crippen LogP contribution in [0.4, 0.5) is 22.8 Å². The number of carbonyl (C=O) groups is 3. The first kappa shape index (κ1) is 33.3. The van der Waals surface area contributed by atoms with Crippen LogP contribution in [0.15, 0.2) is 24.3 Å². The number of amides is 3. The number of rotatable bonds is 6. The number of hydrogen-bond acceptors (Lipinski definition) is 6. The smallest absolute Gasteiger partial charge is 0.416 e. The molecule has 1 saturated carbocycles. The lowest BCUT2D eigenvalue weighted by Crippen LogP contribution is -2.49. The predicted molar refractivity (Wildman–Crippen MR) is 161 cm³/mol. The summed E-state index contributed by atoms with van der Waals surface area (Å²) in [6, 6.07) is 5.36. The van der Waals surface area contributed by atoms with E-state index in [1.165, 1.54) is 12.1 Å². The van der Waals surface area contributed by atoms with Gasteiger partial charge in [0.25, 0.3) is 0 Å². The summed E-state index contributed by atoms with van der Waals surface area (Å²) in [5.41, 5.74) is -0.855. The second kappa shape index (κ2) is 13.4. The van der Waals surface area contributed by atoms with Crippen molar-refractivity contribution < 1.29 is 37.0 Å². The van der Waals surface area contributed by atoms with Gasteiger partial charge in [0, 0.05) is 64.1 Å². The van der Waals surface area contributed by atoms with Gasteiger partial charge in [0.15, 0.2) is 0 Å². The summed E-state index contributed by atoms with van der Waals surface area (Å²) in [4.78, 5) is 43.9. The van der Waals surface area contributed by atoms with E-state index < -0.39 is 22.9 Å². The number of ether oxygens (including phenoxy) is 2. The molecule has 0 bridgehead atoms. The molecule has 1 spiro atoms. The topological polar surface area (TPSA) is 91.4 Å². The molecule has 3 saturated heterocycles. The molecule has 250 valence electrons. The molecule has 0 aromatic heterocycles. The van der Waals surface area contributed by atoms with Gasteiger partial charge in [0.1, 0.15) is 11.2 Å². The van der Waals surface area contributed by atoms with Crippen molar-refractivity contribution in [2.75, 3.05) is 39.3 Å². The van der Waals surface area contributed by atoms with Crippen LogP contribution in [-0.4, -0.2) is 89.3 Å². The lowest BCUT2D eigenvalue weighted by atomic mass is 9.81. The van der Waals surface area contributed by atoms with Crippen LogP contribution >= 0.6 is 0 Å². The molecule has 1 aromatic carbocycles. The molecular weight excluding hydrogens is 589 g/mol. The highest BCUT2D eigenvalue weighted by Crippen LogP contribution is 2.37. The van der Waals surface area contributed by atoms with Gasteiger partial charge >= 0.3 is 18.4 Å².